The highest BCUT2D eigenvalue weighted by Gasteiger charge is 2.37. The van der Waals surface area contributed by atoms with Crippen LogP contribution in [0.1, 0.15) is 32.6 Å². The van der Waals surface area contributed by atoms with Gasteiger partial charge in [0.25, 0.3) is 0 Å². The quantitative estimate of drug-likeness (QED) is 0.803. The molecule has 98 valence electrons. The second-order valence-corrected chi connectivity index (χ2v) is 6.00. The van der Waals surface area contributed by atoms with Gasteiger partial charge in [-0.3, -0.25) is 4.79 Å². The minimum atomic E-state index is -0.193. The van der Waals surface area contributed by atoms with Crippen molar-refractivity contribution in [3.8, 4) is 0 Å². The fraction of sp³-hybridized carbons (Fsp3) is 0.923. The Kier molecular flexibility index (Phi) is 3.73. The maximum atomic E-state index is 12.2. The topological polar surface area (TPSA) is 49.8 Å². The summed E-state index contributed by atoms with van der Waals surface area (Å²) in [5.41, 5.74) is 0.151. The molecule has 4 heteroatoms. The van der Waals surface area contributed by atoms with Gasteiger partial charge in [0.2, 0.25) is 5.91 Å². The maximum Gasteiger partial charge on any atom is 0.225 e. The van der Waals surface area contributed by atoms with Gasteiger partial charge in [0.05, 0.1) is 19.3 Å². The lowest BCUT2D eigenvalue weighted by Gasteiger charge is -2.41. The van der Waals surface area contributed by atoms with E-state index in [2.05, 4.69) is 6.92 Å². The SMILES string of the molecule is CN(CC1(C)COC1)C(=O)C1CCC(O)CC1. The summed E-state index contributed by atoms with van der Waals surface area (Å²) in [5.74, 6) is 0.359. The molecule has 1 N–H and O–H groups in total. The standard InChI is InChI=1S/C13H23NO3/c1-13(8-17-9-13)7-14(2)12(16)10-3-5-11(15)6-4-10/h10-11,15H,3-9H2,1-2H3. The molecule has 0 bridgehead atoms. The van der Waals surface area contributed by atoms with E-state index in [-0.39, 0.29) is 23.3 Å². The largest absolute Gasteiger partial charge is 0.393 e. The van der Waals surface area contributed by atoms with Gasteiger partial charge in [-0.1, -0.05) is 6.92 Å². The van der Waals surface area contributed by atoms with Gasteiger partial charge in [-0.2, -0.15) is 0 Å². The molecule has 1 saturated heterocycles. The first-order chi connectivity index (χ1) is 8.00. The van der Waals surface area contributed by atoms with E-state index in [1.54, 1.807) is 0 Å². The molecule has 0 unspecified atom stereocenters. The fourth-order valence-electron chi connectivity index (χ4n) is 2.83. The van der Waals surface area contributed by atoms with Crippen LogP contribution >= 0.6 is 0 Å². The lowest BCUT2D eigenvalue weighted by Crippen LogP contribution is -2.50. The molecule has 1 aliphatic heterocycles. The van der Waals surface area contributed by atoms with Gasteiger partial charge in [-0.05, 0) is 25.7 Å². The highest BCUT2D eigenvalue weighted by Crippen LogP contribution is 2.30. The molecule has 1 amide bonds. The smallest absolute Gasteiger partial charge is 0.225 e. The van der Waals surface area contributed by atoms with Gasteiger partial charge in [0.15, 0.2) is 0 Å². The van der Waals surface area contributed by atoms with Crippen molar-refractivity contribution in [1.29, 1.82) is 0 Å². The Bertz CT molecular complexity index is 280. The van der Waals surface area contributed by atoms with Gasteiger partial charge in [-0.25, -0.2) is 0 Å². The lowest BCUT2D eigenvalue weighted by molar-refractivity contribution is -0.147. The van der Waals surface area contributed by atoms with Gasteiger partial charge >= 0.3 is 0 Å². The number of aliphatic hydroxyl groups excluding tert-OH is 1. The molecular formula is C13H23NO3. The van der Waals surface area contributed by atoms with Gasteiger partial charge in [0, 0.05) is 24.9 Å². The van der Waals surface area contributed by atoms with Crippen molar-refractivity contribution < 1.29 is 14.6 Å². The van der Waals surface area contributed by atoms with Crippen LogP contribution in [0.3, 0.4) is 0 Å². The molecule has 0 radical (unpaired) electrons. The molecule has 0 aromatic heterocycles. The maximum absolute atomic E-state index is 12.2. The summed E-state index contributed by atoms with van der Waals surface area (Å²) in [6, 6.07) is 0. The summed E-state index contributed by atoms with van der Waals surface area (Å²) in [7, 11) is 1.89. The van der Waals surface area contributed by atoms with Gasteiger partial charge in [-0.15, -0.1) is 0 Å². The van der Waals surface area contributed by atoms with E-state index in [1.807, 2.05) is 11.9 Å². The first-order valence-corrected chi connectivity index (χ1v) is 6.51. The zero-order valence-corrected chi connectivity index (χ0v) is 10.8. The first-order valence-electron chi connectivity index (χ1n) is 6.51. The number of rotatable bonds is 3. The zero-order valence-electron chi connectivity index (χ0n) is 10.8. The summed E-state index contributed by atoms with van der Waals surface area (Å²) in [6.07, 6.45) is 3.01. The molecule has 0 atom stereocenters. The summed E-state index contributed by atoms with van der Waals surface area (Å²) in [6.45, 7) is 4.46. The van der Waals surface area contributed by atoms with Gasteiger partial charge in [0.1, 0.15) is 0 Å². The Morgan fingerprint density at radius 3 is 2.41 bits per heavy atom. The third-order valence-corrected chi connectivity index (χ3v) is 3.94. The van der Waals surface area contributed by atoms with Crippen LogP contribution in [0, 0.1) is 11.3 Å². The van der Waals surface area contributed by atoms with Crippen molar-refractivity contribution in [2.24, 2.45) is 11.3 Å². The molecule has 1 saturated carbocycles. The summed E-state index contributed by atoms with van der Waals surface area (Å²) in [4.78, 5) is 14.1. The minimum absolute atomic E-state index is 0.119. The number of hydrogen-bond acceptors (Lipinski definition) is 3. The second-order valence-electron chi connectivity index (χ2n) is 6.00. The van der Waals surface area contributed by atoms with Gasteiger partial charge < -0.3 is 14.7 Å². The van der Waals surface area contributed by atoms with Crippen molar-refractivity contribution in [3.05, 3.63) is 0 Å². The van der Waals surface area contributed by atoms with E-state index in [4.69, 9.17) is 4.74 Å². The van der Waals surface area contributed by atoms with E-state index in [9.17, 15) is 9.90 Å². The van der Waals surface area contributed by atoms with Crippen molar-refractivity contribution in [1.82, 2.24) is 4.90 Å². The third-order valence-electron chi connectivity index (χ3n) is 3.94. The van der Waals surface area contributed by atoms with Crippen LogP contribution in [0.4, 0.5) is 0 Å². The fourth-order valence-corrected chi connectivity index (χ4v) is 2.83. The van der Waals surface area contributed by atoms with Crippen LogP contribution in [0.2, 0.25) is 0 Å². The second kappa shape index (κ2) is 4.94. The third kappa shape index (κ3) is 2.99. The molecule has 0 spiro atoms. The van der Waals surface area contributed by atoms with E-state index < -0.39 is 0 Å². The Hall–Kier alpha value is -0.610. The van der Waals surface area contributed by atoms with Crippen LogP contribution < -0.4 is 0 Å². The number of ether oxygens (including phenoxy) is 1. The number of hydrogen-bond donors (Lipinski definition) is 1. The first kappa shape index (κ1) is 12.8. The summed E-state index contributed by atoms with van der Waals surface area (Å²) in [5, 5.41) is 9.44. The highest BCUT2D eigenvalue weighted by molar-refractivity contribution is 5.78. The van der Waals surface area contributed by atoms with Crippen molar-refractivity contribution >= 4 is 5.91 Å². The molecule has 17 heavy (non-hydrogen) atoms. The molecule has 2 aliphatic rings. The Balaban J connectivity index is 1.82. The summed E-state index contributed by atoms with van der Waals surface area (Å²) < 4.78 is 5.21. The van der Waals surface area contributed by atoms with E-state index in [1.165, 1.54) is 0 Å². The molecule has 0 aromatic carbocycles. The van der Waals surface area contributed by atoms with Crippen LogP contribution in [-0.4, -0.2) is 48.8 Å². The number of nitrogens with zero attached hydrogens (tertiary/aromatic N) is 1. The molecule has 2 fully saturated rings. The molecule has 1 aliphatic carbocycles. The molecule has 0 aromatic rings. The van der Waals surface area contributed by atoms with Crippen LogP contribution in [0.25, 0.3) is 0 Å². The zero-order chi connectivity index (χ0) is 12.5. The number of carbonyl (C=O) groups is 1. The highest BCUT2D eigenvalue weighted by atomic mass is 16.5. The molecule has 4 nitrogen and oxygen atoms in total. The lowest BCUT2D eigenvalue weighted by atomic mass is 9.85. The van der Waals surface area contributed by atoms with Crippen LogP contribution in [0.15, 0.2) is 0 Å². The van der Waals surface area contributed by atoms with E-state index >= 15 is 0 Å². The van der Waals surface area contributed by atoms with E-state index in [0.29, 0.717) is 0 Å². The molecule has 2 rings (SSSR count). The minimum Gasteiger partial charge on any atom is -0.393 e. The number of amides is 1. The van der Waals surface area contributed by atoms with Crippen molar-refractivity contribution in [2.75, 3.05) is 26.8 Å². The molecule has 1 heterocycles. The number of carbonyl (C=O) groups excluding carboxylic acids is 1. The van der Waals surface area contributed by atoms with Crippen molar-refractivity contribution in [3.63, 3.8) is 0 Å². The van der Waals surface area contributed by atoms with Crippen LogP contribution in [-0.2, 0) is 9.53 Å². The van der Waals surface area contributed by atoms with Crippen molar-refractivity contribution in [2.45, 2.75) is 38.7 Å². The predicted molar refractivity (Wildman–Crippen MR) is 64.5 cm³/mol. The normalized spacial score (nSPS) is 31.7. The predicted octanol–water partition coefficient (Wildman–Crippen LogP) is 1.03. The average molecular weight is 241 g/mol. The Morgan fingerprint density at radius 2 is 1.94 bits per heavy atom. The summed E-state index contributed by atoms with van der Waals surface area (Å²) >= 11 is 0. The monoisotopic (exact) mass is 241 g/mol. The Morgan fingerprint density at radius 1 is 1.35 bits per heavy atom. The van der Waals surface area contributed by atoms with Crippen LogP contribution in [0.5, 0.6) is 0 Å². The molecular weight excluding hydrogens is 218 g/mol. The Labute approximate surface area is 103 Å². The van der Waals surface area contributed by atoms with E-state index in [0.717, 1.165) is 45.4 Å². The number of aliphatic hydroxyl groups is 1. The average Bonchev–Trinajstić information content (AvgIpc) is 2.27.